The summed E-state index contributed by atoms with van der Waals surface area (Å²) < 4.78 is 68.5. The van der Waals surface area contributed by atoms with Crippen molar-refractivity contribution >= 4 is 39.5 Å². The highest BCUT2D eigenvalue weighted by atomic mass is 31.2. The molecule has 0 aromatic carbocycles. The number of carbonyl (C=O) groups is 4. The molecule has 0 aromatic heterocycles. The molecule has 0 radical (unpaired) electrons. The summed E-state index contributed by atoms with van der Waals surface area (Å²) in [5.74, 6) is -2.42. The molecule has 0 spiro atoms. The normalized spacial score (nSPS) is 14.7. The number of aliphatic hydroxyl groups is 1. The molecule has 0 fully saturated rings. The third-order valence-corrected chi connectivity index (χ3v) is 18.5. The lowest BCUT2D eigenvalue weighted by Gasteiger charge is -2.21. The van der Waals surface area contributed by atoms with Crippen LogP contribution in [0.25, 0.3) is 0 Å². The zero-order chi connectivity index (χ0) is 78.9. The fraction of sp³-hybridized carbons (Fsp3) is 0.640. The number of hydrogen-bond acceptors (Lipinski definition) is 15. The number of rotatable bonds is 76. The van der Waals surface area contributed by atoms with Crippen molar-refractivity contribution in [2.45, 2.75) is 329 Å². The van der Waals surface area contributed by atoms with Crippen molar-refractivity contribution in [3.8, 4) is 0 Å². The average molecular weight is 1550 g/mol. The molecule has 614 valence electrons. The van der Waals surface area contributed by atoms with Crippen molar-refractivity contribution in [3.05, 3.63) is 170 Å². The highest BCUT2D eigenvalue weighted by Gasteiger charge is 2.30. The van der Waals surface area contributed by atoms with Crippen molar-refractivity contribution < 1.29 is 80.2 Å². The number of carbonyl (C=O) groups excluding carboxylic acids is 4. The topological polar surface area (TPSA) is 237 Å². The van der Waals surface area contributed by atoms with E-state index in [4.69, 9.17) is 37.0 Å². The van der Waals surface area contributed by atoms with Crippen LogP contribution >= 0.6 is 15.6 Å². The second-order valence-corrected chi connectivity index (χ2v) is 29.9. The van der Waals surface area contributed by atoms with Gasteiger partial charge in [-0.15, -0.1) is 0 Å². The maximum absolute atomic E-state index is 13.1. The molecular weight excluding hydrogens is 1400 g/mol. The van der Waals surface area contributed by atoms with Gasteiger partial charge in [-0.1, -0.05) is 288 Å². The van der Waals surface area contributed by atoms with Crippen LogP contribution in [-0.4, -0.2) is 96.7 Å². The van der Waals surface area contributed by atoms with Crippen molar-refractivity contribution in [2.75, 3.05) is 39.6 Å². The third-order valence-electron chi connectivity index (χ3n) is 16.6. The molecule has 0 bridgehead atoms. The number of unbranched alkanes of at least 4 members (excludes halogenated alkanes) is 22. The fourth-order valence-electron chi connectivity index (χ4n) is 10.3. The molecule has 19 heteroatoms. The van der Waals surface area contributed by atoms with Gasteiger partial charge in [0.1, 0.15) is 19.3 Å². The predicted octanol–water partition coefficient (Wildman–Crippen LogP) is 24.6. The second kappa shape index (κ2) is 79.5. The van der Waals surface area contributed by atoms with E-state index in [1.54, 1.807) is 0 Å². The molecule has 3 N–H and O–H groups in total. The van der Waals surface area contributed by atoms with Gasteiger partial charge < -0.3 is 33.8 Å². The van der Waals surface area contributed by atoms with E-state index < -0.39 is 97.5 Å². The van der Waals surface area contributed by atoms with Crippen LogP contribution in [0.4, 0.5) is 0 Å². The van der Waals surface area contributed by atoms with Gasteiger partial charge in [0.05, 0.1) is 26.4 Å². The van der Waals surface area contributed by atoms with Crippen molar-refractivity contribution in [1.82, 2.24) is 0 Å². The number of aliphatic hydroxyl groups excluding tert-OH is 1. The van der Waals surface area contributed by atoms with Gasteiger partial charge in [0.2, 0.25) is 0 Å². The van der Waals surface area contributed by atoms with E-state index >= 15 is 0 Å². The van der Waals surface area contributed by atoms with Gasteiger partial charge >= 0.3 is 39.5 Å². The van der Waals surface area contributed by atoms with Gasteiger partial charge in [-0.25, -0.2) is 9.13 Å². The quantitative estimate of drug-likeness (QED) is 0.0169. The summed E-state index contributed by atoms with van der Waals surface area (Å²) in [6, 6.07) is 0. The maximum Gasteiger partial charge on any atom is 0.472 e. The summed E-state index contributed by atoms with van der Waals surface area (Å²) in [4.78, 5) is 73.1. The first-order valence-electron chi connectivity index (χ1n) is 41.4. The van der Waals surface area contributed by atoms with Crippen LogP contribution in [0.2, 0.25) is 0 Å². The van der Waals surface area contributed by atoms with Gasteiger partial charge in [0.15, 0.2) is 12.2 Å². The molecule has 5 atom stereocenters. The monoisotopic (exact) mass is 1550 g/mol. The van der Waals surface area contributed by atoms with Crippen molar-refractivity contribution in [3.63, 3.8) is 0 Å². The third kappa shape index (κ3) is 78.5. The zero-order valence-corrected chi connectivity index (χ0v) is 69.0. The second-order valence-electron chi connectivity index (χ2n) is 27.0. The van der Waals surface area contributed by atoms with Crippen LogP contribution < -0.4 is 0 Å². The highest BCUT2D eigenvalue weighted by molar-refractivity contribution is 7.47. The van der Waals surface area contributed by atoms with Crippen molar-refractivity contribution in [1.29, 1.82) is 0 Å². The molecule has 0 amide bonds. The van der Waals surface area contributed by atoms with E-state index in [-0.39, 0.29) is 25.7 Å². The maximum atomic E-state index is 13.1. The number of ether oxygens (including phenoxy) is 4. The molecule has 17 nitrogen and oxygen atoms in total. The Kier molecular flexibility index (Phi) is 75.4. The van der Waals surface area contributed by atoms with E-state index in [1.807, 2.05) is 42.5 Å². The Morgan fingerprint density at radius 2 is 0.481 bits per heavy atom. The van der Waals surface area contributed by atoms with Gasteiger partial charge in [0, 0.05) is 25.7 Å². The van der Waals surface area contributed by atoms with Gasteiger partial charge in [-0.05, 0) is 167 Å². The highest BCUT2D eigenvalue weighted by Crippen LogP contribution is 2.45. The Balaban J connectivity index is 5.56. The molecule has 0 aliphatic rings. The first-order chi connectivity index (χ1) is 52.7. The predicted molar refractivity (Wildman–Crippen MR) is 445 cm³/mol. The lowest BCUT2D eigenvalue weighted by atomic mass is 10.1. The molecule has 0 saturated heterocycles. The lowest BCUT2D eigenvalue weighted by molar-refractivity contribution is -0.161. The number of allylic oxidation sites excluding steroid dienone is 28. The van der Waals surface area contributed by atoms with Crippen molar-refractivity contribution in [2.24, 2.45) is 0 Å². The summed E-state index contributed by atoms with van der Waals surface area (Å²) in [5.41, 5.74) is 0. The number of hydrogen-bond donors (Lipinski definition) is 3. The Labute approximate surface area is 654 Å². The summed E-state index contributed by atoms with van der Waals surface area (Å²) in [6.45, 7) is 4.56. The van der Waals surface area contributed by atoms with Gasteiger partial charge in [-0.3, -0.25) is 37.3 Å². The Morgan fingerprint density at radius 3 is 0.815 bits per heavy atom. The number of esters is 4. The molecule has 0 rings (SSSR count). The molecule has 0 heterocycles. The van der Waals surface area contributed by atoms with E-state index in [2.05, 4.69) is 155 Å². The van der Waals surface area contributed by atoms with Gasteiger partial charge in [-0.2, -0.15) is 0 Å². The van der Waals surface area contributed by atoms with E-state index in [1.165, 1.54) is 83.5 Å². The number of phosphoric ester groups is 2. The molecule has 0 saturated carbocycles. The summed E-state index contributed by atoms with van der Waals surface area (Å²) in [7, 11) is -10.0. The Morgan fingerprint density at radius 1 is 0.259 bits per heavy atom. The zero-order valence-electron chi connectivity index (χ0n) is 67.2. The minimum Gasteiger partial charge on any atom is -0.462 e. The largest absolute Gasteiger partial charge is 0.472 e. The molecule has 0 aliphatic carbocycles. The summed E-state index contributed by atoms with van der Waals surface area (Å²) >= 11 is 0. The van der Waals surface area contributed by atoms with E-state index in [0.29, 0.717) is 44.9 Å². The summed E-state index contributed by atoms with van der Waals surface area (Å²) in [5, 5.41) is 10.7. The minimum absolute atomic E-state index is 0.0101. The number of phosphoric acid groups is 2. The standard InChI is InChI=1S/C89H146O17P2/c1-5-9-13-17-21-25-29-33-37-40-41-44-48-52-56-60-64-68-72-76-89(94)106-85(80-100-87(92)74-70-66-62-58-54-50-46-42-38-34-30-26-22-18-14-10-6-2)82-104-108(97,98)102-78-83(90)77-101-107(95,96)103-81-84(79-99-86(91)73-69-65-61-57-53-49-45-36-32-28-24-20-16-12-8-4)105-88(93)75-71-67-63-59-55-51-47-43-39-35-31-27-23-19-15-11-7-3/h21-23,25-28,32-35,37-39,41,44,46-47,50-52,56,58-59,62-64,68,83-85,90H,5-20,24,29-31,36,40,42-43,45,48-49,53-55,57,60-61,65-67,69-82H2,1-4H3,(H,95,96)(H,97,98)/b25-21-,26-22-,27-23-,32-28-,37-33-,38-34-,39-35-,44-41-,50-46-,51-47-,56-52-,62-58-,63-59-,68-64-/t83-,84+,85+/m0/s1. The molecule has 0 aliphatic heterocycles. The van der Waals surface area contributed by atoms with Gasteiger partial charge in [0.25, 0.3) is 0 Å². The van der Waals surface area contributed by atoms with Crippen LogP contribution in [0.1, 0.15) is 310 Å². The summed E-state index contributed by atoms with van der Waals surface area (Å²) in [6.07, 6.45) is 95.0. The minimum atomic E-state index is -5.02. The Hall–Kier alpha value is -5.58. The van der Waals surface area contributed by atoms with E-state index in [0.717, 1.165) is 128 Å². The van der Waals surface area contributed by atoms with Crippen LogP contribution in [-0.2, 0) is 65.4 Å². The Bertz CT molecular complexity index is 2710. The van der Waals surface area contributed by atoms with Crippen LogP contribution in [0.15, 0.2) is 170 Å². The fourth-order valence-corrected chi connectivity index (χ4v) is 11.9. The van der Waals surface area contributed by atoms with Crippen LogP contribution in [0.5, 0.6) is 0 Å². The SMILES string of the molecule is CCCCC/C=C\C/C=C\C/C=C\C/C=C\C/C=C\CCC(=O)O[C@H](COC(=O)CCC/C=C\C/C=C\C/C=C\C/C=C\CCCCC)COP(=O)(O)OC[C@@H](O)COP(=O)(O)OC[C@@H](COC(=O)CCCCCCCCC/C=C\CCCCCC)OC(=O)CCC/C=C\C/C=C\C/C=C\C/C=C\CCCCC. The smallest absolute Gasteiger partial charge is 0.462 e. The van der Waals surface area contributed by atoms with Crippen LogP contribution in [0, 0.1) is 0 Å². The first-order valence-corrected chi connectivity index (χ1v) is 44.4. The molecule has 0 aromatic rings. The van der Waals surface area contributed by atoms with Crippen LogP contribution in [0.3, 0.4) is 0 Å². The molecule has 2 unspecified atom stereocenters. The molecular formula is C89H146O17P2. The lowest BCUT2D eigenvalue weighted by Crippen LogP contribution is -2.30. The van der Waals surface area contributed by atoms with E-state index in [9.17, 15) is 43.2 Å². The first kappa shape index (κ1) is 102. The average Bonchev–Trinajstić information content (AvgIpc) is 0.903. The molecule has 108 heavy (non-hydrogen) atoms.